The summed E-state index contributed by atoms with van der Waals surface area (Å²) in [5.41, 5.74) is 0.793. The van der Waals surface area contributed by atoms with E-state index in [0.29, 0.717) is 24.3 Å². The number of benzene rings is 2. The molecular weight excluding hydrogens is 392 g/mol. The molecule has 0 saturated heterocycles. The standard InChI is InChI=1S/C21H26N2O5S/c1-23(21(16-20(24)22-25)14-6-3-7-15-21)29(26,27)19-12-10-18(11-13-19)28-17-8-4-2-5-9-17/h2,4-5,8-13,25H,3,6-7,14-16H2,1H3,(H,22,24). The van der Waals surface area contributed by atoms with Crippen molar-refractivity contribution in [2.75, 3.05) is 7.05 Å². The molecule has 8 heteroatoms. The van der Waals surface area contributed by atoms with Crippen LogP contribution in [0.5, 0.6) is 11.5 Å². The maximum atomic E-state index is 13.3. The topological polar surface area (TPSA) is 95.9 Å². The summed E-state index contributed by atoms with van der Waals surface area (Å²) in [4.78, 5) is 12.0. The summed E-state index contributed by atoms with van der Waals surface area (Å²) in [6.45, 7) is 0. The lowest BCUT2D eigenvalue weighted by atomic mass is 9.79. The van der Waals surface area contributed by atoms with E-state index in [0.717, 1.165) is 19.3 Å². The van der Waals surface area contributed by atoms with Crippen LogP contribution in [-0.2, 0) is 14.8 Å². The van der Waals surface area contributed by atoms with Gasteiger partial charge in [-0.3, -0.25) is 10.0 Å². The molecule has 2 aromatic carbocycles. The zero-order chi connectivity index (χ0) is 20.9. The summed E-state index contributed by atoms with van der Waals surface area (Å²) in [5.74, 6) is 0.613. The first-order valence-corrected chi connectivity index (χ1v) is 11.1. The highest BCUT2D eigenvalue weighted by Gasteiger charge is 2.43. The van der Waals surface area contributed by atoms with Crippen LogP contribution in [-0.4, -0.2) is 36.4 Å². The number of nitrogens with zero attached hydrogens (tertiary/aromatic N) is 1. The van der Waals surface area contributed by atoms with Gasteiger partial charge in [0.05, 0.1) is 4.90 Å². The van der Waals surface area contributed by atoms with Gasteiger partial charge in [0, 0.05) is 19.0 Å². The van der Waals surface area contributed by atoms with Crippen LogP contribution in [0.25, 0.3) is 0 Å². The number of para-hydroxylation sites is 1. The molecule has 1 saturated carbocycles. The van der Waals surface area contributed by atoms with Gasteiger partial charge >= 0.3 is 0 Å². The summed E-state index contributed by atoms with van der Waals surface area (Å²) in [6, 6.07) is 15.5. The number of hydrogen-bond acceptors (Lipinski definition) is 5. The Bertz CT molecular complexity index is 923. The molecule has 1 fully saturated rings. The van der Waals surface area contributed by atoms with Gasteiger partial charge in [0.1, 0.15) is 11.5 Å². The molecule has 29 heavy (non-hydrogen) atoms. The number of amides is 1. The number of carbonyl (C=O) groups is 1. The summed E-state index contributed by atoms with van der Waals surface area (Å²) in [7, 11) is -2.31. The third-order valence-electron chi connectivity index (χ3n) is 5.53. The summed E-state index contributed by atoms with van der Waals surface area (Å²) in [6.07, 6.45) is 3.75. The highest BCUT2D eigenvalue weighted by molar-refractivity contribution is 7.89. The Hall–Kier alpha value is -2.42. The Morgan fingerprint density at radius 1 is 1.03 bits per heavy atom. The molecule has 0 atom stereocenters. The molecule has 1 aliphatic carbocycles. The van der Waals surface area contributed by atoms with Crippen LogP contribution >= 0.6 is 0 Å². The second kappa shape index (κ2) is 8.94. The van der Waals surface area contributed by atoms with Crippen LogP contribution in [0.1, 0.15) is 38.5 Å². The van der Waals surface area contributed by atoms with Crippen LogP contribution in [0, 0.1) is 0 Å². The maximum Gasteiger partial charge on any atom is 0.245 e. The second-order valence-electron chi connectivity index (χ2n) is 7.36. The van der Waals surface area contributed by atoms with E-state index in [1.165, 1.54) is 23.5 Å². The summed E-state index contributed by atoms with van der Waals surface area (Å²) >= 11 is 0. The van der Waals surface area contributed by atoms with E-state index in [9.17, 15) is 13.2 Å². The lowest BCUT2D eigenvalue weighted by molar-refractivity contribution is -0.132. The van der Waals surface area contributed by atoms with Crippen LogP contribution in [0.15, 0.2) is 59.5 Å². The van der Waals surface area contributed by atoms with Crippen molar-refractivity contribution in [2.45, 2.75) is 49.0 Å². The van der Waals surface area contributed by atoms with E-state index in [4.69, 9.17) is 9.94 Å². The Balaban J connectivity index is 1.83. The highest BCUT2D eigenvalue weighted by Crippen LogP contribution is 2.39. The third kappa shape index (κ3) is 4.77. The van der Waals surface area contributed by atoms with Crippen molar-refractivity contribution in [3.63, 3.8) is 0 Å². The van der Waals surface area contributed by atoms with E-state index in [1.54, 1.807) is 17.6 Å². The van der Waals surface area contributed by atoms with Gasteiger partial charge in [0.15, 0.2) is 0 Å². The predicted molar refractivity (Wildman–Crippen MR) is 108 cm³/mol. The van der Waals surface area contributed by atoms with Gasteiger partial charge in [-0.15, -0.1) is 0 Å². The van der Waals surface area contributed by atoms with Gasteiger partial charge in [-0.25, -0.2) is 13.9 Å². The molecule has 1 aliphatic rings. The molecule has 1 amide bonds. The largest absolute Gasteiger partial charge is 0.457 e. The van der Waals surface area contributed by atoms with E-state index < -0.39 is 21.5 Å². The number of rotatable bonds is 7. The van der Waals surface area contributed by atoms with E-state index >= 15 is 0 Å². The van der Waals surface area contributed by atoms with Crippen LogP contribution in [0.3, 0.4) is 0 Å². The van der Waals surface area contributed by atoms with Gasteiger partial charge in [-0.2, -0.15) is 4.31 Å². The average Bonchev–Trinajstić information content (AvgIpc) is 2.75. The number of ether oxygens (including phenoxy) is 1. The second-order valence-corrected chi connectivity index (χ2v) is 9.33. The summed E-state index contributed by atoms with van der Waals surface area (Å²) in [5, 5.41) is 8.95. The Kier molecular flexibility index (Phi) is 6.56. The SMILES string of the molecule is CN(C1(CC(=O)NO)CCCCC1)S(=O)(=O)c1ccc(Oc2ccccc2)cc1. The molecular formula is C21H26N2O5S. The predicted octanol–water partition coefficient (Wildman–Crippen LogP) is 3.70. The fourth-order valence-electron chi connectivity index (χ4n) is 3.87. The van der Waals surface area contributed by atoms with Crippen LogP contribution in [0.2, 0.25) is 0 Å². The number of carbonyl (C=O) groups excluding carboxylic acids is 1. The maximum absolute atomic E-state index is 13.3. The Morgan fingerprint density at radius 3 is 2.21 bits per heavy atom. The van der Waals surface area contributed by atoms with Crippen molar-refractivity contribution in [1.82, 2.24) is 9.79 Å². The van der Waals surface area contributed by atoms with E-state index in [1.807, 2.05) is 30.3 Å². The lowest BCUT2D eigenvalue weighted by Crippen LogP contribution is -2.53. The molecule has 0 aromatic heterocycles. The molecule has 0 radical (unpaired) electrons. The van der Waals surface area contributed by atoms with Crippen molar-refractivity contribution in [2.24, 2.45) is 0 Å². The van der Waals surface area contributed by atoms with Gasteiger partial charge in [0.25, 0.3) is 0 Å². The van der Waals surface area contributed by atoms with Gasteiger partial charge < -0.3 is 4.74 Å². The lowest BCUT2D eigenvalue weighted by Gasteiger charge is -2.43. The first-order valence-electron chi connectivity index (χ1n) is 9.62. The van der Waals surface area contributed by atoms with Crippen molar-refractivity contribution >= 4 is 15.9 Å². The van der Waals surface area contributed by atoms with Crippen LogP contribution < -0.4 is 10.2 Å². The molecule has 0 unspecified atom stereocenters. The smallest absolute Gasteiger partial charge is 0.245 e. The van der Waals surface area contributed by atoms with Crippen molar-refractivity contribution < 1.29 is 23.2 Å². The molecule has 0 spiro atoms. The van der Waals surface area contributed by atoms with Gasteiger partial charge in [0.2, 0.25) is 15.9 Å². The zero-order valence-electron chi connectivity index (χ0n) is 16.4. The number of hydrogen-bond donors (Lipinski definition) is 2. The zero-order valence-corrected chi connectivity index (χ0v) is 17.2. The quantitative estimate of drug-likeness (QED) is 0.528. The van der Waals surface area contributed by atoms with E-state index in [2.05, 4.69) is 0 Å². The van der Waals surface area contributed by atoms with Gasteiger partial charge in [-0.1, -0.05) is 37.5 Å². The van der Waals surface area contributed by atoms with Crippen molar-refractivity contribution in [1.29, 1.82) is 0 Å². The minimum absolute atomic E-state index is 0.0750. The van der Waals surface area contributed by atoms with Crippen LogP contribution in [0.4, 0.5) is 0 Å². The molecule has 7 nitrogen and oxygen atoms in total. The minimum Gasteiger partial charge on any atom is -0.457 e. The molecule has 3 rings (SSSR count). The van der Waals surface area contributed by atoms with Gasteiger partial charge in [-0.05, 0) is 49.2 Å². The van der Waals surface area contributed by atoms with Crippen molar-refractivity contribution in [3.05, 3.63) is 54.6 Å². The number of nitrogens with one attached hydrogen (secondary N) is 1. The highest BCUT2D eigenvalue weighted by atomic mass is 32.2. The fourth-order valence-corrected chi connectivity index (χ4v) is 5.42. The first kappa shape index (κ1) is 21.3. The molecule has 0 heterocycles. The van der Waals surface area contributed by atoms with Crippen molar-refractivity contribution in [3.8, 4) is 11.5 Å². The average molecular weight is 419 g/mol. The normalized spacial score (nSPS) is 16.4. The molecule has 2 aromatic rings. The summed E-state index contributed by atoms with van der Waals surface area (Å²) < 4.78 is 33.6. The number of sulfonamides is 1. The fraction of sp³-hybridized carbons (Fsp3) is 0.381. The molecule has 2 N–H and O–H groups in total. The molecule has 0 bridgehead atoms. The Labute approximate surface area is 171 Å². The minimum atomic E-state index is -3.82. The first-order chi connectivity index (χ1) is 13.9. The molecule has 156 valence electrons. The third-order valence-corrected chi connectivity index (χ3v) is 7.50. The monoisotopic (exact) mass is 418 g/mol. The Morgan fingerprint density at radius 2 is 1.62 bits per heavy atom. The van der Waals surface area contributed by atoms with E-state index in [-0.39, 0.29) is 11.3 Å². The number of hydroxylamine groups is 1. The molecule has 0 aliphatic heterocycles.